The number of rotatable bonds is 5. The second-order valence-corrected chi connectivity index (χ2v) is 5.09. The zero-order valence-corrected chi connectivity index (χ0v) is 11.9. The van der Waals surface area contributed by atoms with Crippen LogP contribution in [0.5, 0.6) is 0 Å². The van der Waals surface area contributed by atoms with Gasteiger partial charge >= 0.3 is 0 Å². The minimum absolute atomic E-state index is 0. The molecule has 0 aliphatic heterocycles. The van der Waals surface area contributed by atoms with E-state index in [1.54, 1.807) is 0 Å². The Balaban J connectivity index is 0.00000289. The van der Waals surface area contributed by atoms with E-state index in [-0.39, 0.29) is 30.3 Å². The van der Waals surface area contributed by atoms with E-state index in [4.69, 9.17) is 5.73 Å². The van der Waals surface area contributed by atoms with Crippen LogP contribution in [0.2, 0.25) is 0 Å². The number of nitrogens with two attached hydrogens (primary N) is 1. The predicted octanol–water partition coefficient (Wildman–Crippen LogP) is 0.711. The first-order valence-electron chi connectivity index (χ1n) is 6.30. The fourth-order valence-electron chi connectivity index (χ4n) is 2.09. The summed E-state index contributed by atoms with van der Waals surface area (Å²) < 4.78 is 0. The zero-order valence-electron chi connectivity index (χ0n) is 11.1. The van der Waals surface area contributed by atoms with Crippen LogP contribution in [-0.2, 0) is 9.59 Å². The highest BCUT2D eigenvalue weighted by atomic mass is 35.5. The lowest BCUT2D eigenvalue weighted by atomic mass is 9.98. The van der Waals surface area contributed by atoms with E-state index in [1.807, 2.05) is 13.8 Å². The highest BCUT2D eigenvalue weighted by Gasteiger charge is 2.36. The average Bonchev–Trinajstić information content (AvgIpc) is 2.65. The zero-order chi connectivity index (χ0) is 12.9. The van der Waals surface area contributed by atoms with Gasteiger partial charge < -0.3 is 16.4 Å². The number of amides is 2. The van der Waals surface area contributed by atoms with E-state index >= 15 is 0 Å². The van der Waals surface area contributed by atoms with Crippen LogP contribution in [0.4, 0.5) is 0 Å². The summed E-state index contributed by atoms with van der Waals surface area (Å²) in [5.74, 6) is -0.162. The summed E-state index contributed by atoms with van der Waals surface area (Å²) in [6, 6.07) is 0.133. The van der Waals surface area contributed by atoms with Crippen molar-refractivity contribution in [2.45, 2.75) is 57.5 Å². The topological polar surface area (TPSA) is 84.2 Å². The molecule has 0 saturated heterocycles. The van der Waals surface area contributed by atoms with Gasteiger partial charge in [0.05, 0.1) is 5.54 Å². The molecule has 0 bridgehead atoms. The smallest absolute Gasteiger partial charge is 0.240 e. The van der Waals surface area contributed by atoms with Crippen LogP contribution in [0, 0.1) is 0 Å². The number of hydrogen-bond acceptors (Lipinski definition) is 3. The Hall–Kier alpha value is -0.810. The first-order valence-corrected chi connectivity index (χ1v) is 6.30. The van der Waals surface area contributed by atoms with Gasteiger partial charge in [0.25, 0.3) is 0 Å². The van der Waals surface area contributed by atoms with Crippen LogP contribution in [0.25, 0.3) is 0 Å². The van der Waals surface area contributed by atoms with Gasteiger partial charge in [-0.2, -0.15) is 0 Å². The van der Waals surface area contributed by atoms with Crippen molar-refractivity contribution >= 4 is 24.2 Å². The average molecular weight is 278 g/mol. The third kappa shape index (κ3) is 5.23. The quantitative estimate of drug-likeness (QED) is 0.692. The number of hydrogen-bond donors (Lipinski definition) is 3. The normalized spacial score (nSPS) is 17.1. The van der Waals surface area contributed by atoms with Gasteiger partial charge in [-0.1, -0.05) is 12.8 Å². The maximum absolute atomic E-state index is 11.8. The number of halogens is 1. The molecule has 1 rings (SSSR count). The van der Waals surface area contributed by atoms with E-state index in [1.165, 1.54) is 0 Å². The van der Waals surface area contributed by atoms with Crippen molar-refractivity contribution in [1.82, 2.24) is 10.6 Å². The molecule has 0 spiro atoms. The molecule has 0 atom stereocenters. The second kappa shape index (κ2) is 7.59. The molecule has 0 heterocycles. The number of nitrogens with one attached hydrogen (secondary N) is 2. The maximum Gasteiger partial charge on any atom is 0.240 e. The van der Waals surface area contributed by atoms with Gasteiger partial charge in [-0.05, 0) is 26.7 Å². The predicted molar refractivity (Wildman–Crippen MR) is 73.5 cm³/mol. The molecule has 1 saturated carbocycles. The summed E-state index contributed by atoms with van der Waals surface area (Å²) >= 11 is 0. The summed E-state index contributed by atoms with van der Waals surface area (Å²) in [7, 11) is 0. The summed E-state index contributed by atoms with van der Waals surface area (Å²) in [6.45, 7) is 4.17. The molecule has 1 aliphatic rings. The molecule has 0 unspecified atom stereocenters. The summed E-state index contributed by atoms with van der Waals surface area (Å²) in [6.07, 6.45) is 3.82. The highest BCUT2D eigenvalue weighted by molar-refractivity contribution is 5.87. The van der Waals surface area contributed by atoms with Gasteiger partial charge in [0.15, 0.2) is 0 Å². The van der Waals surface area contributed by atoms with E-state index < -0.39 is 5.54 Å². The van der Waals surface area contributed by atoms with E-state index in [9.17, 15) is 9.59 Å². The van der Waals surface area contributed by atoms with Crippen molar-refractivity contribution in [2.24, 2.45) is 5.73 Å². The fraction of sp³-hybridized carbons (Fsp3) is 0.833. The van der Waals surface area contributed by atoms with Gasteiger partial charge in [0.2, 0.25) is 11.8 Å². The summed E-state index contributed by atoms with van der Waals surface area (Å²) in [5, 5.41) is 5.52. The molecule has 5 nitrogen and oxygen atoms in total. The Morgan fingerprint density at radius 3 is 2.33 bits per heavy atom. The third-order valence-electron chi connectivity index (χ3n) is 3.04. The molecule has 18 heavy (non-hydrogen) atoms. The van der Waals surface area contributed by atoms with Gasteiger partial charge in [-0.15, -0.1) is 12.4 Å². The molecule has 0 aromatic carbocycles. The molecule has 4 N–H and O–H groups in total. The third-order valence-corrected chi connectivity index (χ3v) is 3.04. The lowest BCUT2D eigenvalue weighted by Gasteiger charge is -2.22. The minimum Gasteiger partial charge on any atom is -0.354 e. The molecule has 6 heteroatoms. The number of carbonyl (C=O) groups excluding carboxylic acids is 2. The van der Waals surface area contributed by atoms with Crippen molar-refractivity contribution in [3.63, 3.8) is 0 Å². The Labute approximate surface area is 115 Å². The van der Waals surface area contributed by atoms with Crippen molar-refractivity contribution in [1.29, 1.82) is 0 Å². The van der Waals surface area contributed by atoms with Gasteiger partial charge in [0.1, 0.15) is 0 Å². The Bertz CT molecular complexity index is 289. The standard InChI is InChI=1S/C12H23N3O2.ClH/c1-9(2)15-10(16)5-8-14-11(17)12(13)6-3-4-7-12;/h9H,3-8,13H2,1-2H3,(H,14,17)(H,15,16);1H. The molecular formula is C12H24ClN3O2. The van der Waals surface area contributed by atoms with Crippen LogP contribution in [0.15, 0.2) is 0 Å². The monoisotopic (exact) mass is 277 g/mol. The molecule has 0 aromatic rings. The van der Waals surface area contributed by atoms with E-state index in [0.717, 1.165) is 25.7 Å². The molecule has 1 fully saturated rings. The largest absolute Gasteiger partial charge is 0.354 e. The second-order valence-electron chi connectivity index (χ2n) is 5.09. The van der Waals surface area contributed by atoms with Gasteiger partial charge in [-0.3, -0.25) is 9.59 Å². The van der Waals surface area contributed by atoms with Crippen molar-refractivity contribution < 1.29 is 9.59 Å². The highest BCUT2D eigenvalue weighted by Crippen LogP contribution is 2.27. The van der Waals surface area contributed by atoms with Crippen LogP contribution in [0.3, 0.4) is 0 Å². The van der Waals surface area contributed by atoms with Gasteiger partial charge in [-0.25, -0.2) is 0 Å². The maximum atomic E-state index is 11.8. The number of carbonyl (C=O) groups is 2. The first kappa shape index (κ1) is 17.2. The van der Waals surface area contributed by atoms with E-state index in [2.05, 4.69) is 10.6 Å². The van der Waals surface area contributed by atoms with E-state index in [0.29, 0.717) is 13.0 Å². The molecule has 0 aromatic heterocycles. The van der Waals surface area contributed by atoms with Gasteiger partial charge in [0, 0.05) is 19.0 Å². The summed E-state index contributed by atoms with van der Waals surface area (Å²) in [5.41, 5.74) is 5.29. The fourth-order valence-corrected chi connectivity index (χ4v) is 2.09. The summed E-state index contributed by atoms with van der Waals surface area (Å²) in [4.78, 5) is 23.1. The van der Waals surface area contributed by atoms with Crippen molar-refractivity contribution in [3.05, 3.63) is 0 Å². The molecule has 106 valence electrons. The lowest BCUT2D eigenvalue weighted by molar-refractivity contribution is -0.126. The van der Waals surface area contributed by atoms with Crippen molar-refractivity contribution in [2.75, 3.05) is 6.54 Å². The molecule has 0 radical (unpaired) electrons. The van der Waals surface area contributed by atoms with Crippen LogP contribution in [0.1, 0.15) is 46.0 Å². The lowest BCUT2D eigenvalue weighted by Crippen LogP contribution is -2.52. The molecular weight excluding hydrogens is 254 g/mol. The molecule has 1 aliphatic carbocycles. The van der Waals surface area contributed by atoms with Crippen LogP contribution < -0.4 is 16.4 Å². The Morgan fingerprint density at radius 2 is 1.83 bits per heavy atom. The molecule has 2 amide bonds. The van der Waals surface area contributed by atoms with Crippen molar-refractivity contribution in [3.8, 4) is 0 Å². The first-order chi connectivity index (χ1) is 7.94. The Kier molecular flexibility index (Phi) is 7.25. The van der Waals surface area contributed by atoms with Crippen LogP contribution >= 0.6 is 12.4 Å². The SMILES string of the molecule is CC(C)NC(=O)CCNC(=O)C1(N)CCCC1.Cl. The Morgan fingerprint density at radius 1 is 1.28 bits per heavy atom. The van der Waals surface area contributed by atoms with Crippen LogP contribution in [-0.4, -0.2) is 29.9 Å². The minimum atomic E-state index is -0.700.